The maximum atomic E-state index is 15.0. The van der Waals surface area contributed by atoms with Gasteiger partial charge in [-0.2, -0.15) is 13.2 Å². The summed E-state index contributed by atoms with van der Waals surface area (Å²) in [5.74, 6) is -6.61. The van der Waals surface area contributed by atoms with Crippen LogP contribution in [-0.4, -0.2) is 30.3 Å². The van der Waals surface area contributed by atoms with Gasteiger partial charge in [0, 0.05) is 18.0 Å². The summed E-state index contributed by atoms with van der Waals surface area (Å²) in [6.07, 6.45) is -9.16. The van der Waals surface area contributed by atoms with Crippen LogP contribution in [0.2, 0.25) is 0 Å². The molecule has 0 aliphatic heterocycles. The highest BCUT2D eigenvalue weighted by Crippen LogP contribution is 2.40. The van der Waals surface area contributed by atoms with Gasteiger partial charge in [0.05, 0.1) is 12.7 Å². The molecule has 3 rings (SSSR count). The minimum Gasteiger partial charge on any atom is -0.493 e. The van der Waals surface area contributed by atoms with E-state index in [-0.39, 0.29) is 22.9 Å². The largest absolute Gasteiger partial charge is 0.573 e. The van der Waals surface area contributed by atoms with Crippen molar-refractivity contribution < 1.29 is 54.5 Å². The van der Waals surface area contributed by atoms with Crippen molar-refractivity contribution in [2.24, 2.45) is 5.73 Å². The molecule has 1 heterocycles. The first-order chi connectivity index (χ1) is 17.2. The number of carbonyl (C=O) groups excluding carboxylic acids is 2. The van der Waals surface area contributed by atoms with Gasteiger partial charge >= 0.3 is 12.5 Å². The summed E-state index contributed by atoms with van der Waals surface area (Å²) >= 11 is 0. The fraction of sp³-hybridized carbons (Fsp3) is 0.136. The monoisotopic (exact) mass is 533 g/mol. The smallest absolute Gasteiger partial charge is 0.493 e. The third-order valence-electron chi connectivity index (χ3n) is 4.50. The number of ether oxygens (including phenoxy) is 3. The molecule has 3 aromatic rings. The molecule has 0 radical (unpaired) electrons. The number of rotatable bonds is 7. The highest BCUT2D eigenvalue weighted by Gasteiger charge is 2.38. The van der Waals surface area contributed by atoms with E-state index in [2.05, 4.69) is 15.0 Å². The molecule has 0 saturated heterocycles. The number of anilines is 1. The summed E-state index contributed by atoms with van der Waals surface area (Å²) in [4.78, 5) is 27.8. The van der Waals surface area contributed by atoms with Crippen molar-refractivity contribution in [3.63, 3.8) is 0 Å². The van der Waals surface area contributed by atoms with E-state index in [1.54, 1.807) is 0 Å². The molecule has 37 heavy (non-hydrogen) atoms. The molecule has 0 fully saturated rings. The van der Waals surface area contributed by atoms with Crippen LogP contribution in [0.4, 0.5) is 36.4 Å². The quantitative estimate of drug-likeness (QED) is 0.399. The molecule has 3 N–H and O–H groups in total. The SMILES string of the molecule is COc1cc(OC(F)(F)F)ccc1Oc1ccc(C(F)(F)F)c(F)c1C(=O)Nc1ccnc(C(N)=O)c1. The summed E-state index contributed by atoms with van der Waals surface area (Å²) in [5.41, 5.74) is 1.63. The van der Waals surface area contributed by atoms with Crippen LogP contribution in [0.15, 0.2) is 48.7 Å². The number of nitrogens with zero attached hydrogens (tertiary/aromatic N) is 1. The van der Waals surface area contributed by atoms with Gasteiger partial charge in [-0.3, -0.25) is 14.6 Å². The molecule has 0 aliphatic rings. The minimum atomic E-state index is -5.19. The van der Waals surface area contributed by atoms with Crippen molar-refractivity contribution in [2.45, 2.75) is 12.5 Å². The Morgan fingerprint density at radius 1 is 0.946 bits per heavy atom. The number of nitrogens with two attached hydrogens (primary N) is 1. The number of hydrogen-bond donors (Lipinski definition) is 2. The maximum Gasteiger partial charge on any atom is 0.573 e. The van der Waals surface area contributed by atoms with Gasteiger partial charge in [-0.05, 0) is 36.4 Å². The standard InChI is InChI=1S/C22H14F7N3O5/c1-35-16-9-11(37-22(27,28)29)2-4-14(16)36-15-5-3-12(21(24,25)26)18(23)17(15)20(34)32-10-6-7-31-13(8-10)19(30)33/h2-9H,1H3,(H2,30,33)(H,31,32,34). The Labute approximate surface area is 202 Å². The zero-order chi connectivity index (χ0) is 27.5. The number of alkyl halides is 6. The molecule has 0 unspecified atom stereocenters. The molecule has 196 valence electrons. The van der Waals surface area contributed by atoms with Crippen LogP contribution >= 0.6 is 0 Å². The summed E-state index contributed by atoms with van der Waals surface area (Å²) in [5, 5.41) is 2.11. The van der Waals surface area contributed by atoms with Crippen molar-refractivity contribution in [2.75, 3.05) is 12.4 Å². The Bertz CT molecular complexity index is 1340. The molecule has 8 nitrogen and oxygen atoms in total. The molecule has 0 spiro atoms. The van der Waals surface area contributed by atoms with Crippen LogP contribution in [0, 0.1) is 5.82 Å². The number of aromatic nitrogens is 1. The number of carbonyl (C=O) groups is 2. The number of benzene rings is 2. The molecule has 1 aromatic heterocycles. The van der Waals surface area contributed by atoms with Crippen LogP contribution in [0.3, 0.4) is 0 Å². The number of hydrogen-bond acceptors (Lipinski definition) is 6. The summed E-state index contributed by atoms with van der Waals surface area (Å²) < 4.78 is 106. The first-order valence-corrected chi connectivity index (χ1v) is 9.78. The van der Waals surface area contributed by atoms with Gasteiger partial charge in [-0.1, -0.05) is 0 Å². The van der Waals surface area contributed by atoms with Crippen LogP contribution in [0.25, 0.3) is 0 Å². The lowest BCUT2D eigenvalue weighted by molar-refractivity contribution is -0.274. The van der Waals surface area contributed by atoms with Crippen LogP contribution in [0.1, 0.15) is 26.4 Å². The van der Waals surface area contributed by atoms with Gasteiger partial charge in [0.2, 0.25) is 0 Å². The molecule has 15 heteroatoms. The lowest BCUT2D eigenvalue weighted by atomic mass is 10.1. The first-order valence-electron chi connectivity index (χ1n) is 9.78. The normalized spacial score (nSPS) is 11.6. The molecule has 0 saturated carbocycles. The number of primary amides is 1. The Balaban J connectivity index is 2.05. The average Bonchev–Trinajstić information content (AvgIpc) is 2.78. The number of methoxy groups -OCH3 is 1. The van der Waals surface area contributed by atoms with E-state index in [1.807, 2.05) is 0 Å². The molecule has 2 aromatic carbocycles. The summed E-state index contributed by atoms with van der Waals surface area (Å²) in [6, 6.07) is 5.56. The fourth-order valence-corrected chi connectivity index (χ4v) is 2.96. The molecular weight excluding hydrogens is 519 g/mol. The van der Waals surface area contributed by atoms with E-state index in [4.69, 9.17) is 15.2 Å². The average molecular weight is 533 g/mol. The molecular formula is C22H14F7N3O5. The maximum absolute atomic E-state index is 15.0. The molecule has 0 aliphatic carbocycles. The molecule has 0 atom stereocenters. The first kappa shape index (κ1) is 27.0. The topological polar surface area (TPSA) is 113 Å². The van der Waals surface area contributed by atoms with E-state index in [0.717, 1.165) is 43.6 Å². The molecule has 2 amide bonds. The third-order valence-corrected chi connectivity index (χ3v) is 4.50. The summed E-state index contributed by atoms with van der Waals surface area (Å²) in [6.45, 7) is 0. The lowest BCUT2D eigenvalue weighted by Gasteiger charge is -2.18. The van der Waals surface area contributed by atoms with Crippen LogP contribution in [0.5, 0.6) is 23.0 Å². The Hall–Kier alpha value is -4.56. The van der Waals surface area contributed by atoms with E-state index < -0.39 is 52.8 Å². The predicted molar refractivity (Wildman–Crippen MR) is 112 cm³/mol. The van der Waals surface area contributed by atoms with E-state index in [1.165, 1.54) is 0 Å². The van der Waals surface area contributed by atoms with E-state index in [0.29, 0.717) is 12.1 Å². The second kappa shape index (κ2) is 10.2. The van der Waals surface area contributed by atoms with Crippen molar-refractivity contribution >= 4 is 17.5 Å². The van der Waals surface area contributed by atoms with Gasteiger partial charge in [-0.15, -0.1) is 13.2 Å². The zero-order valence-electron chi connectivity index (χ0n) is 18.3. The number of halogens is 7. The Morgan fingerprint density at radius 2 is 1.62 bits per heavy atom. The van der Waals surface area contributed by atoms with Crippen LogP contribution < -0.4 is 25.3 Å². The second-order valence-electron chi connectivity index (χ2n) is 7.01. The van der Waals surface area contributed by atoms with Gasteiger partial charge in [0.25, 0.3) is 11.8 Å². The third kappa shape index (κ3) is 6.56. The number of amides is 2. The van der Waals surface area contributed by atoms with Crippen molar-refractivity contribution in [3.8, 4) is 23.0 Å². The predicted octanol–water partition coefficient (Wildman–Crippen LogP) is 5.29. The lowest BCUT2D eigenvalue weighted by Crippen LogP contribution is -2.19. The minimum absolute atomic E-state index is 0.164. The van der Waals surface area contributed by atoms with E-state index >= 15 is 4.39 Å². The summed E-state index contributed by atoms with van der Waals surface area (Å²) in [7, 11) is 1.04. The van der Waals surface area contributed by atoms with Crippen molar-refractivity contribution in [1.82, 2.24) is 4.98 Å². The van der Waals surface area contributed by atoms with E-state index in [9.17, 15) is 35.9 Å². The highest BCUT2D eigenvalue weighted by atomic mass is 19.4. The Morgan fingerprint density at radius 3 is 2.22 bits per heavy atom. The van der Waals surface area contributed by atoms with Gasteiger partial charge in [0.15, 0.2) is 17.3 Å². The van der Waals surface area contributed by atoms with Crippen molar-refractivity contribution in [1.29, 1.82) is 0 Å². The Kier molecular flexibility index (Phi) is 7.45. The number of nitrogens with one attached hydrogen (secondary N) is 1. The number of pyridine rings is 1. The molecule has 0 bridgehead atoms. The highest BCUT2D eigenvalue weighted by molar-refractivity contribution is 6.07. The van der Waals surface area contributed by atoms with Gasteiger partial charge in [0.1, 0.15) is 22.8 Å². The van der Waals surface area contributed by atoms with Crippen molar-refractivity contribution in [3.05, 3.63) is 71.3 Å². The second-order valence-corrected chi connectivity index (χ2v) is 7.01. The van der Waals surface area contributed by atoms with Gasteiger partial charge < -0.3 is 25.3 Å². The zero-order valence-corrected chi connectivity index (χ0v) is 18.3. The fourth-order valence-electron chi connectivity index (χ4n) is 2.96. The van der Waals surface area contributed by atoms with Crippen LogP contribution in [-0.2, 0) is 6.18 Å². The van der Waals surface area contributed by atoms with Gasteiger partial charge in [-0.25, -0.2) is 4.39 Å².